The number of carbonyl (C=O) groups excluding carboxylic acids is 1. The number of hydrogen-bond acceptors (Lipinski definition) is 2. The first-order valence-electron chi connectivity index (χ1n) is 5.97. The second-order valence-electron chi connectivity index (χ2n) is 4.53. The van der Waals surface area contributed by atoms with E-state index in [4.69, 9.17) is 4.74 Å². The number of hydrogen-bond donors (Lipinski definition) is 0. The molecule has 0 spiro atoms. The molecular weight excluding hydrogens is 212 g/mol. The standard InChI is InChI=1S/C15H14O2/c16-15-10-13-8-4-7-12(9-14(13)17-15)11-5-2-1-3-6-11/h1-6,8-9,12-13H,7,10H2/t12-,13-/m0/s1. The fraction of sp³-hybridized carbons (Fsp3) is 0.267. The lowest BCUT2D eigenvalue weighted by molar-refractivity contribution is -0.135. The van der Waals surface area contributed by atoms with Crippen LogP contribution >= 0.6 is 0 Å². The van der Waals surface area contributed by atoms with Crippen molar-refractivity contribution in [1.82, 2.24) is 0 Å². The van der Waals surface area contributed by atoms with E-state index >= 15 is 0 Å². The van der Waals surface area contributed by atoms with Crippen molar-refractivity contribution in [3.8, 4) is 0 Å². The minimum Gasteiger partial charge on any atom is -0.431 e. The monoisotopic (exact) mass is 226 g/mol. The maximum Gasteiger partial charge on any atom is 0.311 e. The van der Waals surface area contributed by atoms with E-state index in [0.29, 0.717) is 12.3 Å². The summed E-state index contributed by atoms with van der Waals surface area (Å²) in [5, 5.41) is 0. The Morgan fingerprint density at radius 2 is 1.94 bits per heavy atom. The summed E-state index contributed by atoms with van der Waals surface area (Å²) in [5.74, 6) is 1.20. The molecule has 0 aromatic heterocycles. The minimum atomic E-state index is -0.111. The molecule has 1 saturated heterocycles. The van der Waals surface area contributed by atoms with Crippen LogP contribution in [0.2, 0.25) is 0 Å². The second kappa shape index (κ2) is 4.21. The molecule has 2 heteroatoms. The van der Waals surface area contributed by atoms with Gasteiger partial charge in [-0.15, -0.1) is 0 Å². The van der Waals surface area contributed by atoms with Gasteiger partial charge in [0.05, 0.1) is 6.42 Å². The zero-order valence-corrected chi connectivity index (χ0v) is 9.50. The van der Waals surface area contributed by atoms with Gasteiger partial charge in [-0.05, 0) is 18.1 Å². The maximum atomic E-state index is 11.3. The summed E-state index contributed by atoms with van der Waals surface area (Å²) in [6.45, 7) is 0. The van der Waals surface area contributed by atoms with Gasteiger partial charge in [-0.2, -0.15) is 0 Å². The molecule has 0 N–H and O–H groups in total. The molecule has 1 fully saturated rings. The molecule has 1 heterocycles. The average Bonchev–Trinajstić information content (AvgIpc) is 2.58. The molecule has 2 atom stereocenters. The topological polar surface area (TPSA) is 26.3 Å². The first-order chi connectivity index (χ1) is 8.33. The molecule has 0 bridgehead atoms. The highest BCUT2D eigenvalue weighted by Gasteiger charge is 2.29. The molecule has 86 valence electrons. The molecule has 1 aliphatic heterocycles. The highest BCUT2D eigenvalue weighted by atomic mass is 16.5. The fourth-order valence-electron chi connectivity index (χ4n) is 2.44. The molecule has 3 rings (SSSR count). The first-order valence-corrected chi connectivity index (χ1v) is 5.97. The largest absolute Gasteiger partial charge is 0.431 e. The molecule has 1 aliphatic carbocycles. The van der Waals surface area contributed by atoms with Crippen LogP contribution in [-0.2, 0) is 9.53 Å². The Morgan fingerprint density at radius 3 is 2.76 bits per heavy atom. The molecule has 1 aromatic carbocycles. The van der Waals surface area contributed by atoms with Crippen molar-refractivity contribution in [3.05, 3.63) is 59.9 Å². The third-order valence-corrected chi connectivity index (χ3v) is 3.34. The van der Waals surface area contributed by atoms with Crippen LogP contribution in [0.1, 0.15) is 24.3 Å². The lowest BCUT2D eigenvalue weighted by atomic mass is 9.95. The molecule has 1 aromatic rings. The lowest BCUT2D eigenvalue weighted by Crippen LogP contribution is -1.96. The molecule has 0 amide bonds. The van der Waals surface area contributed by atoms with E-state index in [-0.39, 0.29) is 11.9 Å². The highest BCUT2D eigenvalue weighted by Crippen LogP contribution is 2.34. The lowest BCUT2D eigenvalue weighted by Gasteiger charge is -2.10. The van der Waals surface area contributed by atoms with E-state index < -0.39 is 0 Å². The van der Waals surface area contributed by atoms with Crippen LogP contribution in [0.3, 0.4) is 0 Å². The Kier molecular flexibility index (Phi) is 2.56. The van der Waals surface area contributed by atoms with Crippen LogP contribution in [0, 0.1) is 5.92 Å². The average molecular weight is 226 g/mol. The zero-order chi connectivity index (χ0) is 11.7. The van der Waals surface area contributed by atoms with E-state index in [1.165, 1.54) is 5.56 Å². The van der Waals surface area contributed by atoms with Gasteiger partial charge in [0.2, 0.25) is 0 Å². The third kappa shape index (κ3) is 2.03. The number of ether oxygens (including phenoxy) is 1. The summed E-state index contributed by atoms with van der Waals surface area (Å²) in [7, 11) is 0. The van der Waals surface area contributed by atoms with Crippen molar-refractivity contribution in [2.24, 2.45) is 5.92 Å². The van der Waals surface area contributed by atoms with Crippen molar-refractivity contribution in [1.29, 1.82) is 0 Å². The van der Waals surface area contributed by atoms with E-state index in [2.05, 4.69) is 30.4 Å². The van der Waals surface area contributed by atoms with Crippen molar-refractivity contribution >= 4 is 5.97 Å². The fourth-order valence-corrected chi connectivity index (χ4v) is 2.44. The first kappa shape index (κ1) is 10.3. The van der Waals surface area contributed by atoms with Crippen molar-refractivity contribution in [2.45, 2.75) is 18.8 Å². The van der Waals surface area contributed by atoms with Crippen LogP contribution in [0.4, 0.5) is 0 Å². The van der Waals surface area contributed by atoms with Gasteiger partial charge in [0.1, 0.15) is 5.76 Å². The van der Waals surface area contributed by atoms with Crippen molar-refractivity contribution in [3.63, 3.8) is 0 Å². The van der Waals surface area contributed by atoms with Crippen LogP contribution in [0.5, 0.6) is 0 Å². The molecule has 0 radical (unpaired) electrons. The van der Waals surface area contributed by atoms with Gasteiger partial charge in [0.15, 0.2) is 0 Å². The van der Waals surface area contributed by atoms with Crippen LogP contribution < -0.4 is 0 Å². The smallest absolute Gasteiger partial charge is 0.311 e. The maximum absolute atomic E-state index is 11.3. The summed E-state index contributed by atoms with van der Waals surface area (Å²) in [5.41, 5.74) is 1.27. The molecule has 2 nitrogen and oxygen atoms in total. The Labute approximate surface area is 101 Å². The number of allylic oxidation sites excluding steroid dienone is 3. The predicted octanol–water partition coefficient (Wildman–Crippen LogP) is 3.18. The summed E-state index contributed by atoms with van der Waals surface area (Å²) >= 11 is 0. The Hall–Kier alpha value is -1.83. The van der Waals surface area contributed by atoms with Crippen LogP contribution in [0.25, 0.3) is 0 Å². The number of carbonyl (C=O) groups is 1. The third-order valence-electron chi connectivity index (χ3n) is 3.34. The predicted molar refractivity (Wildman–Crippen MR) is 65.2 cm³/mol. The normalized spacial score (nSPS) is 27.1. The molecule has 2 aliphatic rings. The van der Waals surface area contributed by atoms with Gasteiger partial charge in [-0.25, -0.2) is 0 Å². The van der Waals surface area contributed by atoms with E-state index in [0.717, 1.165) is 12.2 Å². The van der Waals surface area contributed by atoms with Gasteiger partial charge in [-0.1, -0.05) is 42.5 Å². The van der Waals surface area contributed by atoms with Gasteiger partial charge in [0, 0.05) is 11.8 Å². The van der Waals surface area contributed by atoms with E-state index in [1.54, 1.807) is 0 Å². The number of rotatable bonds is 1. The Balaban J connectivity index is 1.93. The molecular formula is C15H14O2. The number of benzene rings is 1. The SMILES string of the molecule is O=C1C[C@@H]2C=CC[C@H](c3ccccc3)C=C2O1. The van der Waals surface area contributed by atoms with E-state index in [1.807, 2.05) is 18.2 Å². The highest BCUT2D eigenvalue weighted by molar-refractivity contribution is 5.75. The summed E-state index contributed by atoms with van der Waals surface area (Å²) in [6, 6.07) is 10.3. The van der Waals surface area contributed by atoms with Crippen LogP contribution in [-0.4, -0.2) is 5.97 Å². The molecule has 0 saturated carbocycles. The van der Waals surface area contributed by atoms with Crippen molar-refractivity contribution < 1.29 is 9.53 Å². The summed E-state index contributed by atoms with van der Waals surface area (Å²) in [4.78, 5) is 11.3. The van der Waals surface area contributed by atoms with Gasteiger partial charge < -0.3 is 4.74 Å². The summed E-state index contributed by atoms with van der Waals surface area (Å²) in [6.07, 6.45) is 7.82. The van der Waals surface area contributed by atoms with Gasteiger partial charge in [0.25, 0.3) is 0 Å². The van der Waals surface area contributed by atoms with Crippen molar-refractivity contribution in [2.75, 3.05) is 0 Å². The summed E-state index contributed by atoms with van der Waals surface area (Å²) < 4.78 is 5.27. The van der Waals surface area contributed by atoms with E-state index in [9.17, 15) is 4.79 Å². The number of esters is 1. The van der Waals surface area contributed by atoms with Crippen LogP contribution in [0.15, 0.2) is 54.3 Å². The zero-order valence-electron chi connectivity index (χ0n) is 9.50. The molecule has 0 unspecified atom stereocenters. The second-order valence-corrected chi connectivity index (χ2v) is 4.53. The minimum absolute atomic E-state index is 0.111. The number of fused-ring (bicyclic) bond motifs is 1. The molecule has 17 heavy (non-hydrogen) atoms. The quantitative estimate of drug-likeness (QED) is 0.543. The van der Waals surface area contributed by atoms with Gasteiger partial charge in [-0.3, -0.25) is 4.79 Å². The van der Waals surface area contributed by atoms with Gasteiger partial charge >= 0.3 is 5.97 Å². The Bertz CT molecular complexity index is 485. The Morgan fingerprint density at radius 1 is 1.12 bits per heavy atom.